The van der Waals surface area contributed by atoms with E-state index in [1.165, 1.54) is 0 Å². The lowest BCUT2D eigenvalue weighted by molar-refractivity contribution is -0.138. The van der Waals surface area contributed by atoms with Crippen molar-refractivity contribution in [3.63, 3.8) is 0 Å². The number of aliphatic hydroxyl groups is 2. The normalized spacial score (nSPS) is 14.5. The van der Waals surface area contributed by atoms with Gasteiger partial charge < -0.3 is 30.8 Å². The van der Waals surface area contributed by atoms with Crippen molar-refractivity contribution in [3.05, 3.63) is 144 Å². The SMILES string of the molecule is CC(C)(C(=O)N[C@H](c1nc(-c2ccc(-c3ccc(-c4c[nH]c([C@@H](NC(=O)C(C)(C)C(O)c5ccccc5)C(C)(C)C)n4)cc3)cc2)c[nH]1)C(C)(C)C)C(O)c1ccccc1. The van der Waals surface area contributed by atoms with Crippen LogP contribution in [-0.2, 0) is 9.59 Å². The van der Waals surface area contributed by atoms with E-state index in [-0.39, 0.29) is 22.6 Å². The number of hydrogen-bond donors (Lipinski definition) is 6. The Labute approximate surface area is 354 Å². The molecule has 4 atom stereocenters. The van der Waals surface area contributed by atoms with Crippen molar-refractivity contribution < 1.29 is 19.8 Å². The van der Waals surface area contributed by atoms with E-state index in [4.69, 9.17) is 9.97 Å². The number of carbonyl (C=O) groups excluding carboxylic acids is 2. The maximum atomic E-state index is 13.7. The molecule has 2 aromatic heterocycles. The summed E-state index contributed by atoms with van der Waals surface area (Å²) in [5.41, 5.74) is 3.91. The van der Waals surface area contributed by atoms with Gasteiger partial charge in [0.15, 0.2) is 0 Å². The first-order valence-electron chi connectivity index (χ1n) is 20.6. The lowest BCUT2D eigenvalue weighted by Gasteiger charge is -2.35. The molecule has 0 aliphatic rings. The standard InChI is InChI=1S/C50H60N6O4/c1-47(2,3)39(55-45(59)49(7,8)41(57)35-17-13-11-14-18-35)43-51-29-37(53-43)33-25-21-31(22-26-33)32-23-27-34(28-24-32)38-30-52-44(54-38)40(48(4,5)6)56-46(60)50(9,10)42(58)36-19-15-12-16-20-36/h11-30,39-42,57-58H,1-10H3,(H,51,53)(H,52,54)(H,55,59)(H,56,60)/t39-,40-,41?,42?/m1/s1. The Hall–Kier alpha value is -5.84. The monoisotopic (exact) mass is 808 g/mol. The molecule has 2 amide bonds. The van der Waals surface area contributed by atoms with Crippen LogP contribution in [-0.4, -0.2) is 42.0 Å². The van der Waals surface area contributed by atoms with Crippen molar-refractivity contribution >= 4 is 11.8 Å². The summed E-state index contributed by atoms with van der Waals surface area (Å²) in [6.07, 6.45) is 1.76. The molecule has 0 aliphatic carbocycles. The van der Waals surface area contributed by atoms with E-state index >= 15 is 0 Å². The highest BCUT2D eigenvalue weighted by Gasteiger charge is 2.42. The molecule has 0 bridgehead atoms. The summed E-state index contributed by atoms with van der Waals surface area (Å²) in [6, 6.07) is 34.0. The summed E-state index contributed by atoms with van der Waals surface area (Å²) in [6.45, 7) is 19.3. The van der Waals surface area contributed by atoms with Crippen LogP contribution in [0.1, 0.15) is 116 Å². The maximum Gasteiger partial charge on any atom is 0.229 e. The van der Waals surface area contributed by atoms with E-state index in [2.05, 4.69) is 86.4 Å². The molecule has 4 aromatic carbocycles. The zero-order chi connectivity index (χ0) is 43.6. The molecule has 6 aromatic rings. The first kappa shape index (κ1) is 43.7. The number of aromatic nitrogens is 4. The molecule has 2 unspecified atom stereocenters. The number of nitrogens with zero attached hydrogens (tertiary/aromatic N) is 2. The molecule has 0 spiro atoms. The third-order valence-electron chi connectivity index (χ3n) is 11.5. The summed E-state index contributed by atoms with van der Waals surface area (Å²) in [4.78, 5) is 43.9. The second kappa shape index (κ2) is 17.0. The van der Waals surface area contributed by atoms with Crippen molar-refractivity contribution in [2.45, 2.75) is 93.5 Å². The van der Waals surface area contributed by atoms with E-state index < -0.39 is 35.1 Å². The van der Waals surface area contributed by atoms with Crippen LogP contribution in [0.3, 0.4) is 0 Å². The van der Waals surface area contributed by atoms with Crippen LogP contribution >= 0.6 is 0 Å². The fourth-order valence-corrected chi connectivity index (χ4v) is 7.31. The quantitative estimate of drug-likeness (QED) is 0.0682. The van der Waals surface area contributed by atoms with Gasteiger partial charge in [-0.1, -0.05) is 151 Å². The van der Waals surface area contributed by atoms with Crippen LogP contribution in [0.2, 0.25) is 0 Å². The van der Waals surface area contributed by atoms with Crippen LogP contribution in [0.5, 0.6) is 0 Å². The molecule has 2 heterocycles. The van der Waals surface area contributed by atoms with Gasteiger partial charge in [-0.05, 0) is 60.8 Å². The van der Waals surface area contributed by atoms with E-state index in [0.717, 1.165) is 33.6 Å². The minimum Gasteiger partial charge on any atom is -0.387 e. The Morgan fingerprint density at radius 3 is 1.08 bits per heavy atom. The molecule has 0 saturated heterocycles. The van der Waals surface area contributed by atoms with Gasteiger partial charge in [0.05, 0.1) is 46.5 Å². The summed E-state index contributed by atoms with van der Waals surface area (Å²) in [5, 5.41) is 28.7. The van der Waals surface area contributed by atoms with Gasteiger partial charge in [0.1, 0.15) is 11.6 Å². The molecule has 10 nitrogen and oxygen atoms in total. The Bertz CT molecular complexity index is 2200. The third-order valence-corrected chi connectivity index (χ3v) is 11.5. The molecule has 6 N–H and O–H groups in total. The van der Waals surface area contributed by atoms with Crippen LogP contribution in [0.4, 0.5) is 0 Å². The summed E-state index contributed by atoms with van der Waals surface area (Å²) < 4.78 is 0. The van der Waals surface area contributed by atoms with Crippen molar-refractivity contribution in [3.8, 4) is 33.6 Å². The van der Waals surface area contributed by atoms with Gasteiger partial charge >= 0.3 is 0 Å². The van der Waals surface area contributed by atoms with Gasteiger partial charge in [0.25, 0.3) is 0 Å². The van der Waals surface area contributed by atoms with Gasteiger partial charge in [0, 0.05) is 23.5 Å². The molecule has 0 aliphatic heterocycles. The highest BCUT2D eigenvalue weighted by atomic mass is 16.3. The summed E-state index contributed by atoms with van der Waals surface area (Å²) >= 11 is 0. The highest BCUT2D eigenvalue weighted by molar-refractivity contribution is 5.84. The number of benzene rings is 4. The molecule has 0 radical (unpaired) electrons. The zero-order valence-corrected chi connectivity index (χ0v) is 36.5. The zero-order valence-electron chi connectivity index (χ0n) is 36.5. The molecular formula is C50H60N6O4. The van der Waals surface area contributed by atoms with Gasteiger partial charge in [-0.25, -0.2) is 9.97 Å². The largest absolute Gasteiger partial charge is 0.387 e. The van der Waals surface area contributed by atoms with Crippen LogP contribution in [0, 0.1) is 21.7 Å². The predicted molar refractivity (Wildman–Crippen MR) is 238 cm³/mol. The number of amides is 2. The van der Waals surface area contributed by atoms with Crippen molar-refractivity contribution in [1.29, 1.82) is 0 Å². The van der Waals surface area contributed by atoms with E-state index in [9.17, 15) is 19.8 Å². The van der Waals surface area contributed by atoms with Crippen molar-refractivity contribution in [2.24, 2.45) is 21.7 Å². The number of aliphatic hydroxyl groups excluding tert-OH is 2. The predicted octanol–water partition coefficient (Wildman–Crippen LogP) is 10.1. The number of imidazole rings is 2. The average Bonchev–Trinajstić information content (AvgIpc) is 3.92. The van der Waals surface area contributed by atoms with Crippen LogP contribution in [0.25, 0.3) is 33.6 Å². The van der Waals surface area contributed by atoms with Crippen molar-refractivity contribution in [2.75, 3.05) is 0 Å². The van der Waals surface area contributed by atoms with Gasteiger partial charge in [0.2, 0.25) is 11.8 Å². The second-order valence-corrected chi connectivity index (χ2v) is 19.1. The Morgan fingerprint density at radius 1 is 0.483 bits per heavy atom. The lowest BCUT2D eigenvalue weighted by Crippen LogP contribution is -2.46. The minimum absolute atomic E-state index is 0.266. The Balaban J connectivity index is 1.13. The number of carbonyl (C=O) groups is 2. The smallest absolute Gasteiger partial charge is 0.229 e. The van der Waals surface area contributed by atoms with E-state index in [0.29, 0.717) is 22.8 Å². The molecule has 314 valence electrons. The molecule has 0 fully saturated rings. The van der Waals surface area contributed by atoms with Gasteiger partial charge in [-0.3, -0.25) is 9.59 Å². The molecule has 10 heteroatoms. The maximum absolute atomic E-state index is 13.7. The fraction of sp³-hybridized carbons (Fsp3) is 0.360. The van der Waals surface area contributed by atoms with Crippen LogP contribution in [0.15, 0.2) is 122 Å². The first-order chi connectivity index (χ1) is 28.2. The number of H-pyrrole nitrogens is 2. The van der Waals surface area contributed by atoms with Gasteiger partial charge in [-0.15, -0.1) is 0 Å². The molecule has 6 rings (SSSR count). The number of hydrogen-bond acceptors (Lipinski definition) is 6. The average molecular weight is 809 g/mol. The third kappa shape index (κ3) is 9.46. The minimum atomic E-state index is -1.09. The number of rotatable bonds is 13. The molecule has 60 heavy (non-hydrogen) atoms. The fourth-order valence-electron chi connectivity index (χ4n) is 7.31. The van der Waals surface area contributed by atoms with Crippen molar-refractivity contribution in [1.82, 2.24) is 30.6 Å². The Kier molecular flexibility index (Phi) is 12.4. The van der Waals surface area contributed by atoms with E-state index in [1.807, 2.05) is 97.3 Å². The van der Waals surface area contributed by atoms with E-state index in [1.54, 1.807) is 27.7 Å². The summed E-state index contributed by atoms with van der Waals surface area (Å²) in [5.74, 6) is 0.745. The molecule has 0 saturated carbocycles. The number of aromatic amines is 2. The second-order valence-electron chi connectivity index (χ2n) is 19.1. The lowest BCUT2D eigenvalue weighted by atomic mass is 9.80. The van der Waals surface area contributed by atoms with Gasteiger partial charge in [-0.2, -0.15) is 0 Å². The Morgan fingerprint density at radius 2 is 0.783 bits per heavy atom. The topological polar surface area (TPSA) is 156 Å². The number of nitrogens with one attached hydrogen (secondary N) is 4. The molecular weight excluding hydrogens is 749 g/mol. The highest BCUT2D eigenvalue weighted by Crippen LogP contribution is 2.40. The summed E-state index contributed by atoms with van der Waals surface area (Å²) in [7, 11) is 0. The van der Waals surface area contributed by atoms with Crippen LogP contribution < -0.4 is 10.6 Å². The first-order valence-corrected chi connectivity index (χ1v) is 20.6.